The molecule has 2 heterocycles. The molecule has 5 heteroatoms. The van der Waals surface area contributed by atoms with Crippen molar-refractivity contribution in [2.75, 3.05) is 0 Å². The van der Waals surface area contributed by atoms with Crippen molar-refractivity contribution in [3.8, 4) is 0 Å². The van der Waals surface area contributed by atoms with Gasteiger partial charge in [-0.2, -0.15) is 0 Å². The fourth-order valence-electron chi connectivity index (χ4n) is 1.93. The Labute approximate surface area is 115 Å². The second-order valence-corrected chi connectivity index (χ2v) is 4.55. The molecule has 15 heavy (non-hydrogen) atoms. The Hall–Kier alpha value is 0.130. The van der Waals surface area contributed by atoms with Gasteiger partial charge < -0.3 is 9.84 Å². The van der Waals surface area contributed by atoms with Crippen molar-refractivity contribution in [2.45, 2.75) is 31.5 Å². The summed E-state index contributed by atoms with van der Waals surface area (Å²) in [4.78, 5) is 12.1. The van der Waals surface area contributed by atoms with E-state index >= 15 is 0 Å². The van der Waals surface area contributed by atoms with Gasteiger partial charge in [-0.3, -0.25) is 0 Å². The number of hydrogen-bond acceptors (Lipinski definition) is 3. The van der Waals surface area contributed by atoms with Gasteiger partial charge in [0.05, 0.1) is 0 Å². The SMILES string of the molecule is CCC1(C(=O)O)OC1(C)c1cccs1.[NaH]. The molecule has 78 valence electrons. The van der Waals surface area contributed by atoms with Gasteiger partial charge in [0.2, 0.25) is 0 Å². The molecule has 1 aliphatic heterocycles. The molecule has 1 aromatic rings. The molecular formula is C10H13NaO3S. The van der Waals surface area contributed by atoms with Gasteiger partial charge >= 0.3 is 35.5 Å². The average Bonchev–Trinajstić information content (AvgIpc) is 2.59. The van der Waals surface area contributed by atoms with Crippen LogP contribution in [0.15, 0.2) is 17.5 Å². The summed E-state index contributed by atoms with van der Waals surface area (Å²) < 4.78 is 5.46. The Morgan fingerprint density at radius 1 is 1.67 bits per heavy atom. The fourth-order valence-corrected chi connectivity index (χ4v) is 2.82. The summed E-state index contributed by atoms with van der Waals surface area (Å²) in [6, 6.07) is 3.83. The van der Waals surface area contributed by atoms with Gasteiger partial charge in [-0.05, 0) is 24.8 Å². The second kappa shape index (κ2) is 4.18. The minimum absolute atomic E-state index is 0. The maximum atomic E-state index is 11.1. The van der Waals surface area contributed by atoms with E-state index in [0.29, 0.717) is 6.42 Å². The van der Waals surface area contributed by atoms with E-state index < -0.39 is 17.2 Å². The molecule has 1 fully saturated rings. The van der Waals surface area contributed by atoms with E-state index in [1.54, 1.807) is 0 Å². The summed E-state index contributed by atoms with van der Waals surface area (Å²) in [7, 11) is 0. The molecule has 0 aliphatic carbocycles. The number of hydrogen-bond donors (Lipinski definition) is 1. The molecule has 0 amide bonds. The van der Waals surface area contributed by atoms with Crippen LogP contribution in [0.4, 0.5) is 0 Å². The summed E-state index contributed by atoms with van der Waals surface area (Å²) in [6.45, 7) is 3.68. The zero-order valence-corrected chi connectivity index (χ0v) is 8.93. The number of carboxylic acids is 1. The first kappa shape index (κ1) is 13.2. The van der Waals surface area contributed by atoms with Crippen LogP contribution >= 0.6 is 11.3 Å². The summed E-state index contributed by atoms with van der Waals surface area (Å²) >= 11 is 1.54. The average molecular weight is 236 g/mol. The van der Waals surface area contributed by atoms with Crippen LogP contribution in [0, 0.1) is 0 Å². The Morgan fingerprint density at radius 3 is 2.67 bits per heavy atom. The first-order chi connectivity index (χ1) is 6.57. The van der Waals surface area contributed by atoms with Gasteiger partial charge in [0.25, 0.3) is 0 Å². The fraction of sp³-hybridized carbons (Fsp3) is 0.500. The van der Waals surface area contributed by atoms with Crippen molar-refractivity contribution in [2.24, 2.45) is 0 Å². The van der Waals surface area contributed by atoms with Crippen LogP contribution in [-0.2, 0) is 15.1 Å². The molecule has 2 unspecified atom stereocenters. The van der Waals surface area contributed by atoms with E-state index in [-0.39, 0.29) is 29.6 Å². The molecule has 0 radical (unpaired) electrons. The topological polar surface area (TPSA) is 49.8 Å². The van der Waals surface area contributed by atoms with Gasteiger partial charge in [0, 0.05) is 4.88 Å². The summed E-state index contributed by atoms with van der Waals surface area (Å²) in [5.41, 5.74) is -1.63. The van der Waals surface area contributed by atoms with Crippen molar-refractivity contribution in [1.82, 2.24) is 0 Å². The van der Waals surface area contributed by atoms with Crippen LogP contribution < -0.4 is 0 Å². The molecule has 2 atom stereocenters. The molecule has 2 rings (SSSR count). The van der Waals surface area contributed by atoms with Gasteiger partial charge in [0.1, 0.15) is 5.60 Å². The predicted molar refractivity (Wildman–Crippen MR) is 60.6 cm³/mol. The number of thiophene rings is 1. The monoisotopic (exact) mass is 236 g/mol. The van der Waals surface area contributed by atoms with E-state index in [0.717, 1.165) is 4.88 Å². The number of rotatable bonds is 3. The molecule has 1 aromatic heterocycles. The van der Waals surface area contributed by atoms with Crippen LogP contribution in [-0.4, -0.2) is 46.2 Å². The molecule has 1 aliphatic rings. The van der Waals surface area contributed by atoms with E-state index in [1.807, 2.05) is 31.4 Å². The van der Waals surface area contributed by atoms with Crippen molar-refractivity contribution in [3.05, 3.63) is 22.4 Å². The van der Waals surface area contributed by atoms with Crippen molar-refractivity contribution >= 4 is 46.9 Å². The van der Waals surface area contributed by atoms with Crippen LogP contribution in [0.2, 0.25) is 0 Å². The molecule has 0 aromatic carbocycles. The summed E-state index contributed by atoms with van der Waals surface area (Å²) in [5, 5.41) is 11.1. The summed E-state index contributed by atoms with van der Waals surface area (Å²) in [5.74, 6) is -0.865. The van der Waals surface area contributed by atoms with E-state index in [4.69, 9.17) is 9.84 Å². The number of carbonyl (C=O) groups is 1. The van der Waals surface area contributed by atoms with E-state index in [2.05, 4.69) is 0 Å². The number of epoxide rings is 1. The third-order valence-corrected chi connectivity index (χ3v) is 4.01. The van der Waals surface area contributed by atoms with Crippen LogP contribution in [0.3, 0.4) is 0 Å². The Kier molecular flexibility index (Phi) is 3.68. The molecular weight excluding hydrogens is 223 g/mol. The van der Waals surface area contributed by atoms with Gasteiger partial charge in [-0.15, -0.1) is 11.3 Å². The molecule has 0 saturated carbocycles. The first-order valence-corrected chi connectivity index (χ1v) is 5.42. The molecule has 3 nitrogen and oxygen atoms in total. The first-order valence-electron chi connectivity index (χ1n) is 4.54. The normalized spacial score (nSPS) is 33.2. The minimum atomic E-state index is -1.00. The van der Waals surface area contributed by atoms with Gasteiger partial charge in [-0.25, -0.2) is 4.79 Å². The van der Waals surface area contributed by atoms with Crippen LogP contribution in [0.5, 0.6) is 0 Å². The Morgan fingerprint density at radius 2 is 2.33 bits per heavy atom. The Bertz CT molecular complexity index is 365. The molecule has 1 saturated heterocycles. The predicted octanol–water partition coefficient (Wildman–Crippen LogP) is 1.58. The molecule has 1 N–H and O–H groups in total. The van der Waals surface area contributed by atoms with Gasteiger partial charge in [0.15, 0.2) is 5.60 Å². The van der Waals surface area contributed by atoms with Crippen molar-refractivity contribution < 1.29 is 14.6 Å². The zero-order chi connectivity index (χ0) is 10.4. The third kappa shape index (κ3) is 1.68. The number of ether oxygens (including phenoxy) is 1. The third-order valence-electron chi connectivity index (χ3n) is 2.94. The van der Waals surface area contributed by atoms with Crippen LogP contribution in [0.25, 0.3) is 0 Å². The van der Waals surface area contributed by atoms with E-state index in [1.165, 1.54) is 11.3 Å². The maximum absolute atomic E-state index is 11.1. The van der Waals surface area contributed by atoms with Crippen molar-refractivity contribution in [1.29, 1.82) is 0 Å². The standard InChI is InChI=1S/C10H12O3S.Na.H/c1-3-10(8(11)12)9(2,13-10)7-5-4-6-14-7;;/h4-6H,3H2,1-2H3,(H,11,12);;. The Balaban J connectivity index is 0.00000112. The zero-order valence-electron chi connectivity index (χ0n) is 8.11. The van der Waals surface area contributed by atoms with E-state index in [9.17, 15) is 4.79 Å². The number of aliphatic carboxylic acids is 1. The van der Waals surface area contributed by atoms with Gasteiger partial charge in [-0.1, -0.05) is 13.0 Å². The second-order valence-electron chi connectivity index (χ2n) is 3.60. The number of carboxylic acid groups (broad SMARTS) is 1. The molecule has 0 bridgehead atoms. The molecule has 0 spiro atoms. The summed E-state index contributed by atoms with van der Waals surface area (Å²) in [6.07, 6.45) is 0.497. The van der Waals surface area contributed by atoms with Crippen LogP contribution in [0.1, 0.15) is 25.1 Å². The quantitative estimate of drug-likeness (QED) is 0.640. The van der Waals surface area contributed by atoms with Crippen molar-refractivity contribution in [3.63, 3.8) is 0 Å².